The Hall–Kier alpha value is -2.70. The van der Waals surface area contributed by atoms with Gasteiger partial charge in [0.05, 0.1) is 5.39 Å². The first kappa shape index (κ1) is 23.0. The third kappa shape index (κ3) is 5.93. The highest BCUT2D eigenvalue weighted by Crippen LogP contribution is 2.23. The predicted molar refractivity (Wildman–Crippen MR) is 120 cm³/mol. The molecule has 7 nitrogen and oxygen atoms in total. The standard InChI is InChI=1S/C24H33N3O4/c1-3-4-5-10-15-27-23(29)19-13-8-7-12-18(19)22(26-27)24(30)31-16-21(28)25-20-14-9-6-11-17(20)2/h7-8,12-13,17,20H,3-6,9-11,14-16H2,1-2H3,(H,25,28)/t17-,20+/m0/s1. The molecule has 7 heteroatoms. The van der Waals surface area contributed by atoms with Gasteiger partial charge in [0.25, 0.3) is 11.5 Å². The van der Waals surface area contributed by atoms with E-state index in [2.05, 4.69) is 24.3 Å². The number of nitrogens with one attached hydrogen (secondary N) is 1. The van der Waals surface area contributed by atoms with Gasteiger partial charge in [0.2, 0.25) is 0 Å². The van der Waals surface area contributed by atoms with Gasteiger partial charge in [0, 0.05) is 18.0 Å². The second-order valence-electron chi connectivity index (χ2n) is 8.50. The fourth-order valence-electron chi connectivity index (χ4n) is 4.20. The van der Waals surface area contributed by atoms with E-state index >= 15 is 0 Å². The summed E-state index contributed by atoms with van der Waals surface area (Å²) in [7, 11) is 0. The van der Waals surface area contributed by atoms with Gasteiger partial charge in [0.1, 0.15) is 0 Å². The van der Waals surface area contributed by atoms with Crippen LogP contribution >= 0.6 is 0 Å². The molecular formula is C24H33N3O4. The molecule has 2 aromatic rings. The van der Waals surface area contributed by atoms with Crippen molar-refractivity contribution < 1.29 is 14.3 Å². The lowest BCUT2D eigenvalue weighted by Gasteiger charge is -2.29. The zero-order valence-electron chi connectivity index (χ0n) is 18.6. The van der Waals surface area contributed by atoms with Crippen molar-refractivity contribution in [2.24, 2.45) is 5.92 Å². The molecule has 0 bridgehead atoms. The van der Waals surface area contributed by atoms with E-state index < -0.39 is 5.97 Å². The lowest BCUT2D eigenvalue weighted by atomic mass is 9.86. The number of carbonyl (C=O) groups excluding carboxylic acids is 2. The smallest absolute Gasteiger partial charge is 0.359 e. The highest BCUT2D eigenvalue weighted by atomic mass is 16.5. The monoisotopic (exact) mass is 427 g/mol. The van der Waals surface area contributed by atoms with Crippen LogP contribution in [0.15, 0.2) is 29.1 Å². The van der Waals surface area contributed by atoms with Gasteiger partial charge in [-0.15, -0.1) is 0 Å². The molecule has 0 spiro atoms. The van der Waals surface area contributed by atoms with E-state index in [1.165, 1.54) is 11.1 Å². The summed E-state index contributed by atoms with van der Waals surface area (Å²) < 4.78 is 6.63. The molecule has 1 aliphatic carbocycles. The van der Waals surface area contributed by atoms with Gasteiger partial charge in [0.15, 0.2) is 12.3 Å². The Balaban J connectivity index is 1.71. The van der Waals surface area contributed by atoms with Crippen molar-refractivity contribution in [3.63, 3.8) is 0 Å². The summed E-state index contributed by atoms with van der Waals surface area (Å²) in [6.45, 7) is 4.35. The summed E-state index contributed by atoms with van der Waals surface area (Å²) in [5, 5.41) is 8.16. The highest BCUT2D eigenvalue weighted by Gasteiger charge is 2.24. The van der Waals surface area contributed by atoms with Crippen molar-refractivity contribution in [1.82, 2.24) is 15.1 Å². The number of rotatable bonds is 9. The minimum Gasteiger partial charge on any atom is -0.451 e. The molecule has 1 saturated carbocycles. The number of nitrogens with zero attached hydrogens (tertiary/aromatic N) is 2. The fourth-order valence-corrected chi connectivity index (χ4v) is 4.20. The third-order valence-electron chi connectivity index (χ3n) is 6.08. The first-order valence-electron chi connectivity index (χ1n) is 11.5. The Bertz CT molecular complexity index is 969. The van der Waals surface area contributed by atoms with Gasteiger partial charge >= 0.3 is 5.97 Å². The summed E-state index contributed by atoms with van der Waals surface area (Å²) in [4.78, 5) is 37.9. The second-order valence-corrected chi connectivity index (χ2v) is 8.50. The summed E-state index contributed by atoms with van der Waals surface area (Å²) in [6.07, 6.45) is 8.34. The average Bonchev–Trinajstić information content (AvgIpc) is 2.78. The number of amides is 1. The van der Waals surface area contributed by atoms with Crippen LogP contribution in [0.2, 0.25) is 0 Å². The van der Waals surface area contributed by atoms with E-state index in [4.69, 9.17) is 4.74 Å². The van der Waals surface area contributed by atoms with Gasteiger partial charge in [-0.2, -0.15) is 5.10 Å². The number of hydrogen-bond donors (Lipinski definition) is 1. The maximum Gasteiger partial charge on any atom is 0.359 e. The lowest BCUT2D eigenvalue weighted by molar-refractivity contribution is -0.125. The van der Waals surface area contributed by atoms with Crippen LogP contribution in [0, 0.1) is 5.92 Å². The van der Waals surface area contributed by atoms with Gasteiger partial charge in [-0.25, -0.2) is 9.48 Å². The average molecular weight is 428 g/mol. The molecule has 31 heavy (non-hydrogen) atoms. The maximum atomic E-state index is 12.8. The number of benzene rings is 1. The summed E-state index contributed by atoms with van der Waals surface area (Å²) in [6, 6.07) is 7.02. The molecule has 0 saturated heterocycles. The molecular weight excluding hydrogens is 394 g/mol. The molecule has 1 aromatic heterocycles. The maximum absolute atomic E-state index is 12.8. The first-order chi connectivity index (χ1) is 15.0. The molecule has 0 radical (unpaired) electrons. The fraction of sp³-hybridized carbons (Fsp3) is 0.583. The van der Waals surface area contributed by atoms with Gasteiger partial charge < -0.3 is 10.1 Å². The molecule has 1 aliphatic rings. The molecule has 1 amide bonds. The molecule has 1 aromatic carbocycles. The summed E-state index contributed by atoms with van der Waals surface area (Å²) in [5.41, 5.74) is -0.141. The molecule has 1 N–H and O–H groups in total. The number of esters is 1. The molecule has 1 heterocycles. The normalized spacial score (nSPS) is 18.6. The van der Waals surface area contributed by atoms with Crippen LogP contribution in [0.5, 0.6) is 0 Å². The number of aryl methyl sites for hydroxylation is 1. The topological polar surface area (TPSA) is 90.3 Å². The van der Waals surface area contributed by atoms with Crippen molar-refractivity contribution >= 4 is 22.6 Å². The van der Waals surface area contributed by atoms with Gasteiger partial charge in [-0.05, 0) is 31.2 Å². The molecule has 0 aliphatic heterocycles. The Labute approximate surface area is 183 Å². The van der Waals surface area contributed by atoms with E-state index in [0.717, 1.165) is 44.9 Å². The zero-order chi connectivity index (χ0) is 22.2. The third-order valence-corrected chi connectivity index (χ3v) is 6.08. The van der Waals surface area contributed by atoms with Crippen molar-refractivity contribution in [2.75, 3.05) is 6.61 Å². The van der Waals surface area contributed by atoms with Crippen LogP contribution in [-0.4, -0.2) is 34.3 Å². The van der Waals surface area contributed by atoms with Crippen LogP contribution in [0.3, 0.4) is 0 Å². The van der Waals surface area contributed by atoms with Crippen molar-refractivity contribution in [1.29, 1.82) is 0 Å². The quantitative estimate of drug-likeness (QED) is 0.485. The summed E-state index contributed by atoms with van der Waals surface area (Å²) >= 11 is 0. The van der Waals surface area contributed by atoms with Crippen molar-refractivity contribution in [3.05, 3.63) is 40.3 Å². The minimum atomic E-state index is -0.689. The van der Waals surface area contributed by atoms with E-state index in [1.807, 2.05) is 0 Å². The zero-order valence-corrected chi connectivity index (χ0v) is 18.6. The van der Waals surface area contributed by atoms with E-state index in [9.17, 15) is 14.4 Å². The highest BCUT2D eigenvalue weighted by molar-refractivity contribution is 6.02. The molecule has 2 atom stereocenters. The summed E-state index contributed by atoms with van der Waals surface area (Å²) in [5.74, 6) is -0.565. The van der Waals surface area contributed by atoms with E-state index in [-0.39, 0.29) is 29.8 Å². The molecule has 3 rings (SSSR count). The van der Waals surface area contributed by atoms with Crippen LogP contribution in [-0.2, 0) is 16.1 Å². The Morgan fingerprint density at radius 3 is 2.61 bits per heavy atom. The van der Waals surface area contributed by atoms with Crippen molar-refractivity contribution in [3.8, 4) is 0 Å². The molecule has 0 unspecified atom stereocenters. The van der Waals surface area contributed by atoms with E-state index in [0.29, 0.717) is 23.2 Å². The largest absolute Gasteiger partial charge is 0.451 e. The lowest BCUT2D eigenvalue weighted by Crippen LogP contribution is -2.43. The number of carbonyl (C=O) groups is 2. The second kappa shape index (κ2) is 11.1. The Morgan fingerprint density at radius 2 is 1.87 bits per heavy atom. The minimum absolute atomic E-state index is 0.0736. The van der Waals surface area contributed by atoms with Gasteiger partial charge in [-0.3, -0.25) is 9.59 Å². The van der Waals surface area contributed by atoms with Crippen LogP contribution in [0.1, 0.15) is 75.7 Å². The van der Waals surface area contributed by atoms with Crippen molar-refractivity contribution in [2.45, 2.75) is 77.8 Å². The van der Waals surface area contributed by atoms with Crippen LogP contribution in [0.4, 0.5) is 0 Å². The molecule has 1 fully saturated rings. The number of fused-ring (bicyclic) bond motifs is 1. The number of ether oxygens (including phenoxy) is 1. The SMILES string of the molecule is CCCCCCn1nc(C(=O)OCC(=O)N[C@@H]2CCCC[C@@H]2C)c2ccccc2c1=O. The number of unbranched alkanes of at least 4 members (excludes halogenated alkanes) is 3. The first-order valence-corrected chi connectivity index (χ1v) is 11.5. The van der Waals surface area contributed by atoms with Gasteiger partial charge in [-0.1, -0.05) is 64.2 Å². The molecule has 168 valence electrons. The Morgan fingerprint density at radius 1 is 1.13 bits per heavy atom. The van der Waals surface area contributed by atoms with Crippen LogP contribution < -0.4 is 10.9 Å². The van der Waals surface area contributed by atoms with E-state index in [1.54, 1.807) is 24.3 Å². The predicted octanol–water partition coefficient (Wildman–Crippen LogP) is 3.83. The Kier molecular flexibility index (Phi) is 8.20. The van der Waals surface area contributed by atoms with Crippen LogP contribution in [0.25, 0.3) is 10.8 Å². The number of aromatic nitrogens is 2. The number of hydrogen-bond acceptors (Lipinski definition) is 5.